The standard InChI is InChI=1S/C32H27FN2O6S/c1-2-39-32(38)26-22(18-40-21-12-10-20(33)11-13-21)34-29-23-9-6-16-35(23)30(36)28(29)27(26)24-14-15-25(42-24)31(37)41-17-19-7-4-3-5-8-19/h3-5,7-8,10-15,23H,2,6,9,16-18H2,1H3/t23-/m0/s1. The van der Waals surface area contributed by atoms with Gasteiger partial charge in [-0.05, 0) is 61.7 Å². The van der Waals surface area contributed by atoms with Gasteiger partial charge < -0.3 is 19.1 Å². The zero-order chi connectivity index (χ0) is 29.2. The molecule has 0 saturated carbocycles. The summed E-state index contributed by atoms with van der Waals surface area (Å²) in [4.78, 5) is 47.6. The molecule has 42 heavy (non-hydrogen) atoms. The van der Waals surface area contributed by atoms with Gasteiger partial charge in [0.05, 0.1) is 35.2 Å². The molecular formula is C32H27FN2O6S. The summed E-state index contributed by atoms with van der Waals surface area (Å²) >= 11 is 1.14. The quantitative estimate of drug-likeness (QED) is 0.211. The van der Waals surface area contributed by atoms with Gasteiger partial charge >= 0.3 is 11.9 Å². The molecule has 2 aliphatic heterocycles. The van der Waals surface area contributed by atoms with Gasteiger partial charge in [0.2, 0.25) is 0 Å². The van der Waals surface area contributed by atoms with E-state index in [0.717, 1.165) is 29.7 Å². The first-order valence-electron chi connectivity index (χ1n) is 13.7. The third-order valence-corrected chi connectivity index (χ3v) is 8.36. The van der Waals surface area contributed by atoms with Crippen LogP contribution >= 0.6 is 11.3 Å². The lowest BCUT2D eigenvalue weighted by Gasteiger charge is -2.17. The number of hydrogen-bond acceptors (Lipinski definition) is 8. The lowest BCUT2D eigenvalue weighted by atomic mass is 9.95. The van der Waals surface area contributed by atoms with Crippen LogP contribution in [0, 0.1) is 5.82 Å². The normalized spacial score (nSPS) is 15.3. The molecule has 2 aromatic carbocycles. The average Bonchev–Trinajstić information content (AvgIpc) is 3.74. The second-order valence-electron chi connectivity index (χ2n) is 9.91. The third kappa shape index (κ3) is 5.25. The summed E-state index contributed by atoms with van der Waals surface area (Å²) in [7, 11) is 0. The molecule has 214 valence electrons. The largest absolute Gasteiger partial charge is 0.487 e. The average molecular weight is 587 g/mol. The van der Waals surface area contributed by atoms with Crippen molar-refractivity contribution >= 4 is 29.2 Å². The number of hydrogen-bond donors (Lipinski definition) is 0. The Kier molecular flexibility index (Phi) is 7.71. The van der Waals surface area contributed by atoms with Crippen LogP contribution in [0.4, 0.5) is 4.39 Å². The van der Waals surface area contributed by atoms with Crippen LogP contribution in [0.25, 0.3) is 10.4 Å². The lowest BCUT2D eigenvalue weighted by Crippen LogP contribution is -2.23. The van der Waals surface area contributed by atoms with E-state index in [0.29, 0.717) is 44.6 Å². The van der Waals surface area contributed by atoms with Gasteiger partial charge in [-0.15, -0.1) is 11.3 Å². The number of rotatable bonds is 9. The Morgan fingerprint density at radius 3 is 2.52 bits per heavy atom. The summed E-state index contributed by atoms with van der Waals surface area (Å²) in [6, 6.07) is 18.0. The van der Waals surface area contributed by atoms with Crippen LogP contribution in [0.2, 0.25) is 0 Å². The number of amides is 1. The molecule has 2 aliphatic rings. The predicted octanol–water partition coefficient (Wildman–Crippen LogP) is 6.35. The number of carbonyl (C=O) groups is 3. The molecule has 1 fully saturated rings. The Morgan fingerprint density at radius 2 is 1.76 bits per heavy atom. The molecule has 0 aliphatic carbocycles. The molecule has 0 N–H and O–H groups in total. The second kappa shape index (κ2) is 11.7. The van der Waals surface area contributed by atoms with Crippen LogP contribution in [0.1, 0.15) is 73.1 Å². The van der Waals surface area contributed by atoms with Gasteiger partial charge in [-0.2, -0.15) is 0 Å². The maximum atomic E-state index is 13.7. The van der Waals surface area contributed by atoms with Gasteiger partial charge in [-0.3, -0.25) is 9.78 Å². The first kappa shape index (κ1) is 27.6. The number of carbonyl (C=O) groups excluding carboxylic acids is 3. The van der Waals surface area contributed by atoms with Crippen molar-refractivity contribution in [2.75, 3.05) is 13.2 Å². The first-order chi connectivity index (χ1) is 20.4. The molecule has 8 nitrogen and oxygen atoms in total. The van der Waals surface area contributed by atoms with E-state index in [1.165, 1.54) is 24.3 Å². The molecule has 1 amide bonds. The van der Waals surface area contributed by atoms with Crippen LogP contribution in [-0.2, 0) is 22.7 Å². The fraction of sp³-hybridized carbons (Fsp3) is 0.250. The Labute approximate surface area is 245 Å². The molecule has 0 unspecified atom stereocenters. The van der Waals surface area contributed by atoms with Crippen molar-refractivity contribution in [3.63, 3.8) is 0 Å². The molecule has 1 saturated heterocycles. The Hall–Kier alpha value is -4.57. The number of ether oxygens (including phenoxy) is 3. The number of halogens is 1. The van der Waals surface area contributed by atoms with Crippen molar-refractivity contribution in [3.8, 4) is 16.2 Å². The van der Waals surface area contributed by atoms with Crippen molar-refractivity contribution in [2.45, 2.75) is 39.0 Å². The van der Waals surface area contributed by atoms with E-state index >= 15 is 0 Å². The fourth-order valence-corrected chi connectivity index (χ4v) is 6.34. The molecule has 6 rings (SSSR count). The van der Waals surface area contributed by atoms with Gasteiger partial charge in [0, 0.05) is 17.0 Å². The number of esters is 2. The molecule has 2 aromatic heterocycles. The number of pyridine rings is 1. The molecule has 4 aromatic rings. The van der Waals surface area contributed by atoms with E-state index in [4.69, 9.17) is 19.2 Å². The van der Waals surface area contributed by atoms with Crippen LogP contribution in [0.5, 0.6) is 5.75 Å². The minimum Gasteiger partial charge on any atom is -0.487 e. The zero-order valence-corrected chi connectivity index (χ0v) is 23.6. The highest BCUT2D eigenvalue weighted by Crippen LogP contribution is 2.47. The summed E-state index contributed by atoms with van der Waals surface area (Å²) in [5, 5.41) is 0. The Morgan fingerprint density at radius 1 is 0.976 bits per heavy atom. The lowest BCUT2D eigenvalue weighted by molar-refractivity contribution is 0.0476. The molecule has 0 radical (unpaired) electrons. The summed E-state index contributed by atoms with van der Waals surface area (Å²) < 4.78 is 30.3. The number of aromatic nitrogens is 1. The molecule has 1 atom stereocenters. The van der Waals surface area contributed by atoms with Crippen molar-refractivity contribution in [2.24, 2.45) is 0 Å². The smallest absolute Gasteiger partial charge is 0.348 e. The van der Waals surface area contributed by atoms with Gasteiger partial charge in [-0.25, -0.2) is 14.0 Å². The Bertz CT molecular complexity index is 1650. The minimum absolute atomic E-state index is 0.109. The van der Waals surface area contributed by atoms with Gasteiger partial charge in [-0.1, -0.05) is 30.3 Å². The molecule has 4 heterocycles. The van der Waals surface area contributed by atoms with Gasteiger partial charge in [0.25, 0.3) is 5.91 Å². The van der Waals surface area contributed by atoms with Gasteiger partial charge in [0.1, 0.15) is 29.7 Å². The molecule has 0 spiro atoms. The van der Waals surface area contributed by atoms with E-state index in [1.807, 2.05) is 30.3 Å². The summed E-state index contributed by atoms with van der Waals surface area (Å²) in [5.74, 6) is -1.36. The van der Waals surface area contributed by atoms with Crippen molar-refractivity contribution in [1.82, 2.24) is 9.88 Å². The van der Waals surface area contributed by atoms with E-state index < -0.39 is 17.8 Å². The fourth-order valence-electron chi connectivity index (χ4n) is 5.38. The van der Waals surface area contributed by atoms with Crippen LogP contribution in [-0.4, -0.2) is 40.9 Å². The third-order valence-electron chi connectivity index (χ3n) is 7.28. The highest BCUT2D eigenvalue weighted by atomic mass is 32.1. The second-order valence-corrected chi connectivity index (χ2v) is 11.0. The van der Waals surface area contributed by atoms with Crippen LogP contribution in [0.3, 0.4) is 0 Å². The Balaban J connectivity index is 1.42. The highest BCUT2D eigenvalue weighted by molar-refractivity contribution is 7.17. The SMILES string of the molecule is CCOC(=O)c1c(COc2ccc(F)cc2)nc2c(c1-c1ccc(C(=O)OCc3ccccc3)s1)C(=O)N1CCC[C@@H]21. The highest BCUT2D eigenvalue weighted by Gasteiger charge is 2.45. The minimum atomic E-state index is -0.651. The maximum absolute atomic E-state index is 13.7. The summed E-state index contributed by atoms with van der Waals surface area (Å²) in [5.41, 5.74) is 2.57. The van der Waals surface area contributed by atoms with Crippen molar-refractivity contribution in [1.29, 1.82) is 0 Å². The number of benzene rings is 2. The molecular weight excluding hydrogens is 559 g/mol. The van der Waals surface area contributed by atoms with E-state index in [1.54, 1.807) is 24.0 Å². The zero-order valence-electron chi connectivity index (χ0n) is 22.8. The summed E-state index contributed by atoms with van der Waals surface area (Å²) in [6.45, 7) is 2.40. The van der Waals surface area contributed by atoms with Crippen molar-refractivity contribution in [3.05, 3.63) is 106 Å². The maximum Gasteiger partial charge on any atom is 0.348 e. The number of thiophene rings is 1. The topological polar surface area (TPSA) is 95.0 Å². The van der Waals surface area contributed by atoms with Gasteiger partial charge in [0.15, 0.2) is 0 Å². The molecule has 0 bridgehead atoms. The number of fused-ring (bicyclic) bond motifs is 3. The first-order valence-corrected chi connectivity index (χ1v) is 14.5. The predicted molar refractivity (Wildman–Crippen MR) is 153 cm³/mol. The monoisotopic (exact) mass is 586 g/mol. The van der Waals surface area contributed by atoms with E-state index in [9.17, 15) is 18.8 Å². The van der Waals surface area contributed by atoms with E-state index in [-0.39, 0.29) is 37.3 Å². The summed E-state index contributed by atoms with van der Waals surface area (Å²) in [6.07, 6.45) is 1.61. The van der Waals surface area contributed by atoms with E-state index in [2.05, 4.69) is 0 Å². The van der Waals surface area contributed by atoms with Crippen LogP contribution in [0.15, 0.2) is 66.7 Å². The molecule has 10 heteroatoms. The number of nitrogens with zero attached hydrogens (tertiary/aromatic N) is 2. The van der Waals surface area contributed by atoms with Crippen molar-refractivity contribution < 1.29 is 33.0 Å². The van der Waals surface area contributed by atoms with Crippen LogP contribution < -0.4 is 4.74 Å².